The van der Waals surface area contributed by atoms with Crippen molar-refractivity contribution < 1.29 is 9.53 Å². The van der Waals surface area contributed by atoms with Crippen LogP contribution in [0.25, 0.3) is 0 Å². The SMILES string of the molecule is NC[C@H]1CC[C@@H](C(=O)NC(Cc2ccccc2)c2ccccc2)O1. The van der Waals surface area contributed by atoms with E-state index < -0.39 is 0 Å². The minimum atomic E-state index is -0.388. The predicted molar refractivity (Wildman–Crippen MR) is 94.4 cm³/mol. The van der Waals surface area contributed by atoms with Crippen molar-refractivity contribution >= 4 is 5.91 Å². The quantitative estimate of drug-likeness (QED) is 0.858. The lowest BCUT2D eigenvalue weighted by Crippen LogP contribution is -2.38. The Morgan fingerprint density at radius 1 is 1.08 bits per heavy atom. The highest BCUT2D eigenvalue weighted by atomic mass is 16.5. The Kier molecular flexibility index (Phi) is 5.62. The van der Waals surface area contributed by atoms with Gasteiger partial charge in [-0.25, -0.2) is 0 Å². The van der Waals surface area contributed by atoms with Crippen molar-refractivity contribution in [2.75, 3.05) is 6.54 Å². The summed E-state index contributed by atoms with van der Waals surface area (Å²) in [7, 11) is 0. The standard InChI is InChI=1S/C20H24N2O2/c21-14-17-11-12-19(24-17)20(23)22-18(16-9-5-2-6-10-16)13-15-7-3-1-4-8-15/h1-10,17-19H,11-14,21H2,(H,22,23)/t17-,18?,19+/m1/s1. The van der Waals surface area contributed by atoms with Gasteiger partial charge >= 0.3 is 0 Å². The van der Waals surface area contributed by atoms with Crippen molar-refractivity contribution in [3.05, 3.63) is 71.8 Å². The minimum absolute atomic E-state index is 0.00467. The number of nitrogens with two attached hydrogens (primary N) is 1. The monoisotopic (exact) mass is 324 g/mol. The number of hydrogen-bond acceptors (Lipinski definition) is 3. The molecule has 0 aliphatic carbocycles. The van der Waals surface area contributed by atoms with E-state index in [1.165, 1.54) is 5.56 Å². The van der Waals surface area contributed by atoms with Crippen LogP contribution in [0.4, 0.5) is 0 Å². The molecule has 0 bridgehead atoms. The maximum atomic E-state index is 12.6. The highest BCUT2D eigenvalue weighted by molar-refractivity contribution is 5.81. The van der Waals surface area contributed by atoms with Gasteiger partial charge in [-0.05, 0) is 30.4 Å². The number of hydrogen-bond donors (Lipinski definition) is 2. The summed E-state index contributed by atoms with van der Waals surface area (Å²) in [5, 5.41) is 3.16. The Bertz CT molecular complexity index is 645. The molecule has 1 heterocycles. The van der Waals surface area contributed by atoms with Crippen LogP contribution in [0.2, 0.25) is 0 Å². The average molecular weight is 324 g/mol. The van der Waals surface area contributed by atoms with Gasteiger partial charge in [-0.3, -0.25) is 4.79 Å². The topological polar surface area (TPSA) is 64.4 Å². The second-order valence-corrected chi connectivity index (χ2v) is 6.22. The third-order valence-electron chi connectivity index (χ3n) is 4.46. The Labute approximate surface area is 143 Å². The largest absolute Gasteiger partial charge is 0.364 e. The van der Waals surface area contributed by atoms with Crippen molar-refractivity contribution in [1.29, 1.82) is 0 Å². The Balaban J connectivity index is 1.71. The second kappa shape index (κ2) is 8.08. The number of carbonyl (C=O) groups is 1. The Morgan fingerprint density at radius 3 is 2.38 bits per heavy atom. The molecule has 1 aliphatic heterocycles. The first kappa shape index (κ1) is 16.7. The molecule has 126 valence electrons. The fraction of sp³-hybridized carbons (Fsp3) is 0.350. The molecular formula is C20H24N2O2. The van der Waals surface area contributed by atoms with E-state index in [9.17, 15) is 4.79 Å². The molecule has 1 aliphatic rings. The first-order chi connectivity index (χ1) is 11.8. The number of amides is 1. The molecule has 2 aromatic rings. The molecule has 3 atom stereocenters. The van der Waals surface area contributed by atoms with Crippen LogP contribution in [-0.4, -0.2) is 24.7 Å². The van der Waals surface area contributed by atoms with Gasteiger partial charge in [0.15, 0.2) is 0 Å². The van der Waals surface area contributed by atoms with Crippen LogP contribution in [0.15, 0.2) is 60.7 Å². The van der Waals surface area contributed by atoms with Gasteiger partial charge in [-0.15, -0.1) is 0 Å². The first-order valence-electron chi connectivity index (χ1n) is 8.51. The van der Waals surface area contributed by atoms with Crippen LogP contribution in [0.3, 0.4) is 0 Å². The van der Waals surface area contributed by atoms with E-state index in [4.69, 9.17) is 10.5 Å². The predicted octanol–water partition coefficient (Wildman–Crippen LogP) is 2.59. The van der Waals surface area contributed by atoms with Gasteiger partial charge in [-0.2, -0.15) is 0 Å². The van der Waals surface area contributed by atoms with E-state index in [0.717, 1.165) is 24.8 Å². The van der Waals surface area contributed by atoms with Gasteiger partial charge in [-0.1, -0.05) is 60.7 Å². The summed E-state index contributed by atoms with van der Waals surface area (Å²) < 4.78 is 5.72. The highest BCUT2D eigenvalue weighted by Crippen LogP contribution is 2.22. The summed E-state index contributed by atoms with van der Waals surface area (Å²) in [6, 6.07) is 20.2. The molecule has 0 radical (unpaired) electrons. The molecule has 4 heteroatoms. The zero-order valence-electron chi connectivity index (χ0n) is 13.7. The maximum absolute atomic E-state index is 12.6. The first-order valence-corrected chi connectivity index (χ1v) is 8.51. The summed E-state index contributed by atoms with van der Waals surface area (Å²) in [4.78, 5) is 12.6. The lowest BCUT2D eigenvalue weighted by atomic mass is 9.98. The minimum Gasteiger partial charge on any atom is -0.364 e. The van der Waals surface area contributed by atoms with Crippen LogP contribution >= 0.6 is 0 Å². The van der Waals surface area contributed by atoms with E-state index >= 15 is 0 Å². The van der Waals surface area contributed by atoms with Gasteiger partial charge in [0.25, 0.3) is 0 Å². The van der Waals surface area contributed by atoms with Crippen LogP contribution in [0, 0.1) is 0 Å². The summed E-state index contributed by atoms with van der Waals surface area (Å²) in [6.07, 6.45) is 1.96. The molecule has 0 spiro atoms. The molecule has 1 saturated heterocycles. The summed E-state index contributed by atoms with van der Waals surface area (Å²) in [5.41, 5.74) is 7.93. The highest BCUT2D eigenvalue weighted by Gasteiger charge is 2.31. The molecule has 3 rings (SSSR count). The van der Waals surface area contributed by atoms with E-state index in [0.29, 0.717) is 6.54 Å². The molecule has 0 aromatic heterocycles. The third-order valence-corrected chi connectivity index (χ3v) is 4.46. The van der Waals surface area contributed by atoms with Crippen molar-refractivity contribution in [3.8, 4) is 0 Å². The number of carbonyl (C=O) groups excluding carboxylic acids is 1. The normalized spacial score (nSPS) is 21.4. The van der Waals surface area contributed by atoms with Crippen LogP contribution in [0.5, 0.6) is 0 Å². The molecule has 1 fully saturated rings. The molecule has 2 aromatic carbocycles. The van der Waals surface area contributed by atoms with Crippen LogP contribution in [-0.2, 0) is 16.0 Å². The van der Waals surface area contributed by atoms with E-state index in [1.54, 1.807) is 0 Å². The van der Waals surface area contributed by atoms with E-state index in [1.807, 2.05) is 48.5 Å². The van der Waals surface area contributed by atoms with Gasteiger partial charge < -0.3 is 15.8 Å². The van der Waals surface area contributed by atoms with Gasteiger partial charge in [0.1, 0.15) is 6.10 Å². The van der Waals surface area contributed by atoms with Gasteiger partial charge in [0.2, 0.25) is 5.91 Å². The number of benzene rings is 2. The third kappa shape index (κ3) is 4.22. The van der Waals surface area contributed by atoms with Crippen molar-refractivity contribution in [2.24, 2.45) is 5.73 Å². The van der Waals surface area contributed by atoms with Gasteiger partial charge in [0.05, 0.1) is 12.1 Å². The maximum Gasteiger partial charge on any atom is 0.249 e. The van der Waals surface area contributed by atoms with Crippen LogP contribution < -0.4 is 11.1 Å². The molecule has 4 nitrogen and oxygen atoms in total. The smallest absolute Gasteiger partial charge is 0.249 e. The number of rotatable bonds is 6. The molecule has 3 N–H and O–H groups in total. The summed E-state index contributed by atoms with van der Waals surface area (Å²) >= 11 is 0. The molecule has 0 saturated carbocycles. The molecular weight excluding hydrogens is 300 g/mol. The van der Waals surface area contributed by atoms with Crippen molar-refractivity contribution in [2.45, 2.75) is 37.5 Å². The van der Waals surface area contributed by atoms with E-state index in [2.05, 4.69) is 17.4 Å². The second-order valence-electron chi connectivity index (χ2n) is 6.22. The number of ether oxygens (including phenoxy) is 1. The fourth-order valence-corrected chi connectivity index (χ4v) is 3.12. The lowest BCUT2D eigenvalue weighted by Gasteiger charge is -2.22. The average Bonchev–Trinajstić information content (AvgIpc) is 3.12. The fourth-order valence-electron chi connectivity index (χ4n) is 3.12. The lowest BCUT2D eigenvalue weighted by molar-refractivity contribution is -0.132. The number of nitrogens with one attached hydrogen (secondary N) is 1. The summed E-state index contributed by atoms with van der Waals surface area (Å²) in [5.74, 6) is -0.0456. The zero-order valence-corrected chi connectivity index (χ0v) is 13.7. The Hall–Kier alpha value is -2.17. The zero-order chi connectivity index (χ0) is 16.8. The Morgan fingerprint density at radius 2 is 1.75 bits per heavy atom. The molecule has 1 amide bonds. The van der Waals surface area contributed by atoms with E-state index in [-0.39, 0.29) is 24.2 Å². The van der Waals surface area contributed by atoms with Crippen molar-refractivity contribution in [3.63, 3.8) is 0 Å². The van der Waals surface area contributed by atoms with Gasteiger partial charge in [0, 0.05) is 6.54 Å². The molecule has 1 unspecified atom stereocenters. The molecule has 24 heavy (non-hydrogen) atoms. The summed E-state index contributed by atoms with van der Waals surface area (Å²) in [6.45, 7) is 0.468. The van der Waals surface area contributed by atoms with Crippen LogP contribution in [0.1, 0.15) is 30.0 Å². The van der Waals surface area contributed by atoms with Crippen molar-refractivity contribution in [1.82, 2.24) is 5.32 Å².